The van der Waals surface area contributed by atoms with Gasteiger partial charge >= 0.3 is 0 Å². The molecule has 1 aliphatic carbocycles. The number of para-hydroxylation sites is 1. The minimum Gasteiger partial charge on any atom is -0.484 e. The van der Waals surface area contributed by atoms with Gasteiger partial charge in [0.25, 0.3) is 11.5 Å². The minimum atomic E-state index is -0.465. The topological polar surface area (TPSA) is 64.1 Å². The van der Waals surface area contributed by atoms with Crippen LogP contribution < -0.4 is 10.3 Å². The molecule has 0 aliphatic heterocycles. The summed E-state index contributed by atoms with van der Waals surface area (Å²) in [5.41, 5.74) is 0.743. The van der Waals surface area contributed by atoms with Crippen LogP contribution in [0.4, 0.5) is 0 Å². The fourth-order valence-electron chi connectivity index (χ4n) is 3.19. The summed E-state index contributed by atoms with van der Waals surface area (Å²) in [5, 5.41) is 0.612. The SMILES string of the molecule is O=C(COc1ccccc1)n1c(=S)[nH]c2sc3c(c2c1=O)CCCC3. The van der Waals surface area contributed by atoms with Crippen molar-refractivity contribution in [3.8, 4) is 5.75 Å². The molecule has 0 saturated heterocycles. The van der Waals surface area contributed by atoms with Gasteiger partial charge in [-0.3, -0.25) is 9.59 Å². The Morgan fingerprint density at radius 3 is 2.80 bits per heavy atom. The van der Waals surface area contributed by atoms with Crippen LogP contribution in [0.2, 0.25) is 0 Å². The summed E-state index contributed by atoms with van der Waals surface area (Å²) in [6, 6.07) is 9.03. The molecule has 1 aromatic carbocycles. The van der Waals surface area contributed by atoms with Gasteiger partial charge < -0.3 is 9.72 Å². The van der Waals surface area contributed by atoms with Crippen LogP contribution in [-0.4, -0.2) is 22.1 Å². The van der Waals surface area contributed by atoms with Gasteiger partial charge in [-0.1, -0.05) is 18.2 Å². The summed E-state index contributed by atoms with van der Waals surface area (Å²) in [7, 11) is 0. The number of carbonyl (C=O) groups excluding carboxylic acids is 1. The predicted octanol–water partition coefficient (Wildman–Crippen LogP) is 3.72. The highest BCUT2D eigenvalue weighted by Crippen LogP contribution is 2.33. The minimum absolute atomic E-state index is 0.123. The number of nitrogens with zero attached hydrogens (tertiary/aromatic N) is 1. The lowest BCUT2D eigenvalue weighted by Crippen LogP contribution is -2.32. The van der Waals surface area contributed by atoms with Crippen LogP contribution in [0.5, 0.6) is 5.75 Å². The first kappa shape index (κ1) is 16.2. The Bertz CT molecular complexity index is 1060. The maximum atomic E-state index is 12.9. The standard InChI is InChI=1S/C18H16N2O3S2/c21-14(10-23-11-6-2-1-3-7-11)20-17(22)15-12-8-4-5-9-13(12)25-16(15)19-18(20)24/h1-3,6-7H,4-5,8-10H2,(H,19,24). The molecular formula is C18H16N2O3S2. The van der Waals surface area contributed by atoms with E-state index in [1.54, 1.807) is 23.5 Å². The zero-order chi connectivity index (χ0) is 17.4. The second-order valence-corrected chi connectivity index (χ2v) is 7.47. The number of benzene rings is 1. The first-order valence-electron chi connectivity index (χ1n) is 8.16. The van der Waals surface area contributed by atoms with Gasteiger partial charge in [-0.15, -0.1) is 11.3 Å². The van der Waals surface area contributed by atoms with Crippen molar-refractivity contribution in [2.24, 2.45) is 0 Å². The molecule has 1 aliphatic rings. The van der Waals surface area contributed by atoms with E-state index in [1.165, 1.54) is 4.88 Å². The van der Waals surface area contributed by atoms with Gasteiger partial charge in [0.05, 0.1) is 5.39 Å². The third kappa shape index (κ3) is 2.94. The molecule has 7 heteroatoms. The molecule has 0 atom stereocenters. The third-order valence-electron chi connectivity index (χ3n) is 4.37. The molecule has 25 heavy (non-hydrogen) atoms. The maximum Gasteiger partial charge on any atom is 0.273 e. The molecule has 0 spiro atoms. The smallest absolute Gasteiger partial charge is 0.273 e. The van der Waals surface area contributed by atoms with E-state index in [0.717, 1.165) is 40.6 Å². The molecule has 0 bridgehead atoms. The number of hydrogen-bond acceptors (Lipinski definition) is 5. The largest absolute Gasteiger partial charge is 0.484 e. The molecule has 0 radical (unpaired) electrons. The molecular weight excluding hydrogens is 356 g/mol. The lowest BCUT2D eigenvalue weighted by molar-refractivity contribution is 0.0830. The monoisotopic (exact) mass is 372 g/mol. The van der Waals surface area contributed by atoms with Gasteiger partial charge in [-0.05, 0) is 55.6 Å². The van der Waals surface area contributed by atoms with Gasteiger partial charge in [0, 0.05) is 4.88 Å². The van der Waals surface area contributed by atoms with Crippen molar-refractivity contribution >= 4 is 39.7 Å². The van der Waals surface area contributed by atoms with Gasteiger partial charge in [0.1, 0.15) is 10.6 Å². The summed E-state index contributed by atoms with van der Waals surface area (Å²) in [4.78, 5) is 30.5. The Morgan fingerprint density at radius 1 is 1.24 bits per heavy atom. The Labute approximate surface area is 152 Å². The number of aromatic amines is 1. The molecule has 0 amide bonds. The second kappa shape index (κ2) is 6.57. The van der Waals surface area contributed by atoms with Crippen LogP contribution in [-0.2, 0) is 12.8 Å². The van der Waals surface area contributed by atoms with Crippen molar-refractivity contribution in [1.29, 1.82) is 0 Å². The number of nitrogens with one attached hydrogen (secondary N) is 1. The quantitative estimate of drug-likeness (QED) is 0.712. The fraction of sp³-hybridized carbons (Fsp3) is 0.278. The van der Waals surface area contributed by atoms with Crippen molar-refractivity contribution in [3.05, 3.63) is 55.9 Å². The van der Waals surface area contributed by atoms with Gasteiger partial charge in [-0.25, -0.2) is 4.57 Å². The number of rotatable bonds is 3. The van der Waals surface area contributed by atoms with E-state index in [-0.39, 0.29) is 16.9 Å². The summed E-state index contributed by atoms with van der Waals surface area (Å²) >= 11 is 6.83. The normalized spacial score (nSPS) is 13.6. The molecule has 0 saturated carbocycles. The predicted molar refractivity (Wildman–Crippen MR) is 100 cm³/mol. The highest BCUT2D eigenvalue weighted by molar-refractivity contribution is 7.71. The van der Waals surface area contributed by atoms with Gasteiger partial charge in [0.2, 0.25) is 0 Å². The molecule has 1 N–H and O–H groups in total. The average molecular weight is 372 g/mol. The van der Waals surface area contributed by atoms with Crippen molar-refractivity contribution in [3.63, 3.8) is 0 Å². The number of ether oxygens (including phenoxy) is 1. The molecule has 128 valence electrons. The number of aromatic nitrogens is 2. The zero-order valence-electron chi connectivity index (χ0n) is 13.4. The van der Waals surface area contributed by atoms with E-state index in [4.69, 9.17) is 17.0 Å². The molecule has 4 rings (SSSR count). The fourth-order valence-corrected chi connectivity index (χ4v) is 4.82. The van der Waals surface area contributed by atoms with Crippen LogP contribution in [0.15, 0.2) is 35.1 Å². The Kier molecular flexibility index (Phi) is 4.27. The summed E-state index contributed by atoms with van der Waals surface area (Å²) < 4.78 is 6.62. The molecule has 2 heterocycles. The molecule has 2 aromatic heterocycles. The van der Waals surface area contributed by atoms with Crippen molar-refractivity contribution in [1.82, 2.24) is 9.55 Å². The third-order valence-corrected chi connectivity index (χ3v) is 5.86. The molecule has 3 aromatic rings. The van der Waals surface area contributed by atoms with Crippen molar-refractivity contribution < 1.29 is 9.53 Å². The van der Waals surface area contributed by atoms with E-state index in [2.05, 4.69) is 4.98 Å². The van der Waals surface area contributed by atoms with Gasteiger partial charge in [0.15, 0.2) is 11.4 Å². The van der Waals surface area contributed by atoms with Crippen LogP contribution in [0.3, 0.4) is 0 Å². The van der Waals surface area contributed by atoms with Crippen LogP contribution in [0, 0.1) is 4.77 Å². The number of carbonyl (C=O) groups is 1. The van der Waals surface area contributed by atoms with E-state index in [9.17, 15) is 9.59 Å². The first-order chi connectivity index (χ1) is 12.1. The van der Waals surface area contributed by atoms with Crippen LogP contribution >= 0.6 is 23.6 Å². The lowest BCUT2D eigenvalue weighted by atomic mass is 9.97. The first-order valence-corrected chi connectivity index (χ1v) is 9.38. The number of thiophene rings is 1. The lowest BCUT2D eigenvalue weighted by Gasteiger charge is -2.10. The molecule has 0 fully saturated rings. The number of hydrogen-bond donors (Lipinski definition) is 1. The molecule has 0 unspecified atom stereocenters. The Balaban J connectivity index is 1.73. The van der Waals surface area contributed by atoms with Gasteiger partial charge in [-0.2, -0.15) is 0 Å². The van der Waals surface area contributed by atoms with E-state index in [1.807, 2.05) is 18.2 Å². The van der Waals surface area contributed by atoms with Crippen LogP contribution in [0.25, 0.3) is 10.2 Å². The maximum absolute atomic E-state index is 12.9. The molecule has 5 nitrogen and oxygen atoms in total. The highest BCUT2D eigenvalue weighted by atomic mass is 32.1. The van der Waals surface area contributed by atoms with E-state index in [0.29, 0.717) is 11.1 Å². The summed E-state index contributed by atoms with van der Waals surface area (Å²) in [6.45, 7) is -0.237. The number of fused-ring (bicyclic) bond motifs is 3. The summed E-state index contributed by atoms with van der Waals surface area (Å²) in [6.07, 6.45) is 4.07. The second-order valence-electron chi connectivity index (χ2n) is 5.98. The Morgan fingerprint density at radius 2 is 2.00 bits per heavy atom. The van der Waals surface area contributed by atoms with E-state index >= 15 is 0 Å². The van der Waals surface area contributed by atoms with Crippen molar-refractivity contribution in [2.45, 2.75) is 25.7 Å². The zero-order valence-corrected chi connectivity index (χ0v) is 15.0. The van der Waals surface area contributed by atoms with E-state index < -0.39 is 5.91 Å². The summed E-state index contributed by atoms with van der Waals surface area (Å²) in [5.74, 6) is 0.112. The Hall–Kier alpha value is -2.25. The number of aryl methyl sites for hydroxylation is 2. The average Bonchev–Trinajstić information content (AvgIpc) is 2.99. The van der Waals surface area contributed by atoms with Crippen LogP contribution in [0.1, 0.15) is 28.1 Å². The highest BCUT2D eigenvalue weighted by Gasteiger charge is 2.22. The van der Waals surface area contributed by atoms with Crippen molar-refractivity contribution in [2.75, 3.05) is 6.61 Å². The number of H-pyrrole nitrogens is 1.